The lowest BCUT2D eigenvalue weighted by atomic mass is 9.87. The molecule has 0 spiro atoms. The molecule has 1 heterocycles. The van der Waals surface area contributed by atoms with Gasteiger partial charge in [-0.3, -0.25) is 4.79 Å². The number of rotatable bonds is 11. The van der Waals surface area contributed by atoms with Gasteiger partial charge in [-0.15, -0.1) is 0 Å². The predicted molar refractivity (Wildman–Crippen MR) is 150 cm³/mol. The summed E-state index contributed by atoms with van der Waals surface area (Å²) >= 11 is 6.46. The van der Waals surface area contributed by atoms with Gasteiger partial charge in [-0.1, -0.05) is 29.8 Å². The van der Waals surface area contributed by atoms with Gasteiger partial charge in [0, 0.05) is 6.54 Å². The summed E-state index contributed by atoms with van der Waals surface area (Å²) in [4.78, 5) is 15.8. The van der Waals surface area contributed by atoms with E-state index in [1.807, 2.05) is 69.0 Å². The van der Waals surface area contributed by atoms with E-state index in [-0.39, 0.29) is 11.9 Å². The molecule has 3 aromatic carbocycles. The third kappa shape index (κ3) is 6.02. The third-order valence-corrected chi connectivity index (χ3v) is 6.89. The van der Waals surface area contributed by atoms with E-state index in [9.17, 15) is 4.79 Å². The molecular formula is C31H36ClNO5. The molecule has 3 aromatic rings. The first kappa shape index (κ1) is 27.6. The van der Waals surface area contributed by atoms with Crippen LogP contribution in [0.25, 0.3) is 0 Å². The molecule has 0 fully saturated rings. The number of carbonyl (C=O) groups is 1. The fraction of sp³-hybridized carbons (Fsp3) is 0.387. The smallest absolute Gasteiger partial charge is 0.255 e. The normalized spacial score (nSPS) is 14.6. The molecule has 202 valence electrons. The van der Waals surface area contributed by atoms with Crippen LogP contribution in [0.5, 0.6) is 23.0 Å². The number of benzene rings is 3. The van der Waals surface area contributed by atoms with Crippen LogP contribution in [0.15, 0.2) is 54.6 Å². The molecule has 0 N–H and O–H groups in total. The average Bonchev–Trinajstić information content (AvgIpc) is 2.91. The van der Waals surface area contributed by atoms with Gasteiger partial charge in [-0.25, -0.2) is 0 Å². The Morgan fingerprint density at radius 2 is 1.42 bits per heavy atom. The first-order valence-electron chi connectivity index (χ1n) is 13.4. The largest absolute Gasteiger partial charge is 0.490 e. The van der Waals surface area contributed by atoms with Gasteiger partial charge in [0.25, 0.3) is 5.91 Å². The Balaban J connectivity index is 1.79. The van der Waals surface area contributed by atoms with Gasteiger partial charge in [-0.2, -0.15) is 0 Å². The molecule has 0 saturated heterocycles. The highest BCUT2D eigenvalue weighted by Crippen LogP contribution is 2.41. The maximum atomic E-state index is 13.9. The van der Waals surface area contributed by atoms with Crippen LogP contribution in [0.1, 0.15) is 60.8 Å². The van der Waals surface area contributed by atoms with Gasteiger partial charge in [0.2, 0.25) is 0 Å². The topological polar surface area (TPSA) is 57.2 Å². The van der Waals surface area contributed by atoms with Crippen molar-refractivity contribution >= 4 is 17.5 Å². The number of hydrogen-bond donors (Lipinski definition) is 0. The summed E-state index contributed by atoms with van der Waals surface area (Å²) in [6, 6.07) is 17.1. The Morgan fingerprint density at radius 3 is 2.08 bits per heavy atom. The van der Waals surface area contributed by atoms with E-state index in [4.69, 9.17) is 30.5 Å². The fourth-order valence-electron chi connectivity index (χ4n) is 4.94. The summed E-state index contributed by atoms with van der Waals surface area (Å²) in [6.07, 6.45) is 1.30. The Labute approximate surface area is 230 Å². The molecule has 4 rings (SSSR count). The molecule has 1 unspecified atom stereocenters. The van der Waals surface area contributed by atoms with Crippen molar-refractivity contribution in [3.63, 3.8) is 0 Å². The van der Waals surface area contributed by atoms with Gasteiger partial charge in [0.05, 0.1) is 43.1 Å². The van der Waals surface area contributed by atoms with E-state index in [0.717, 1.165) is 22.4 Å². The molecule has 6 nitrogen and oxygen atoms in total. The molecule has 0 aromatic heterocycles. The fourth-order valence-corrected chi connectivity index (χ4v) is 5.16. The Morgan fingerprint density at radius 1 is 0.816 bits per heavy atom. The predicted octanol–water partition coefficient (Wildman–Crippen LogP) is 6.92. The number of hydrogen-bond acceptors (Lipinski definition) is 5. The minimum Gasteiger partial charge on any atom is -0.490 e. The summed E-state index contributed by atoms with van der Waals surface area (Å²) in [5.74, 6) is 2.75. The van der Waals surface area contributed by atoms with Crippen molar-refractivity contribution in [2.24, 2.45) is 0 Å². The number of nitrogens with zero attached hydrogens (tertiary/aromatic N) is 1. The number of amides is 1. The second-order valence-corrected chi connectivity index (χ2v) is 9.37. The number of ether oxygens (including phenoxy) is 4. The van der Waals surface area contributed by atoms with Crippen LogP contribution >= 0.6 is 11.6 Å². The molecule has 1 atom stereocenters. The monoisotopic (exact) mass is 537 g/mol. The van der Waals surface area contributed by atoms with Gasteiger partial charge >= 0.3 is 0 Å². The molecule has 1 amide bonds. The maximum absolute atomic E-state index is 13.9. The number of carbonyl (C=O) groups excluding carboxylic acids is 1. The van der Waals surface area contributed by atoms with Crippen LogP contribution < -0.4 is 18.9 Å². The Kier molecular flexibility index (Phi) is 9.40. The van der Waals surface area contributed by atoms with E-state index in [1.165, 1.54) is 0 Å². The standard InChI is InChI=1S/C31H36ClNO5/c1-5-35-27-14-13-21(18-28(27)36-6-2)17-26-24-20-30(38-8-4)29(37-7-3)19-22(24)15-16-33(26)31(34)23-11-9-10-12-25(23)32/h9-14,18-20,26H,5-8,15-17H2,1-4H3. The number of fused-ring (bicyclic) bond motifs is 1. The lowest BCUT2D eigenvalue weighted by Crippen LogP contribution is -2.41. The van der Waals surface area contributed by atoms with Gasteiger partial charge in [0.15, 0.2) is 23.0 Å². The first-order chi connectivity index (χ1) is 18.5. The second kappa shape index (κ2) is 12.9. The van der Waals surface area contributed by atoms with Crippen molar-refractivity contribution in [1.29, 1.82) is 0 Å². The van der Waals surface area contributed by atoms with Gasteiger partial charge in [-0.05, 0) is 93.6 Å². The Bertz CT molecular complexity index is 1260. The minimum absolute atomic E-state index is 0.0888. The molecule has 38 heavy (non-hydrogen) atoms. The minimum atomic E-state index is -0.232. The van der Waals surface area contributed by atoms with E-state index in [2.05, 4.69) is 6.07 Å². The SMILES string of the molecule is CCOc1ccc(CC2c3cc(OCC)c(OCC)cc3CCN2C(=O)c2ccccc2Cl)cc1OCC. The van der Waals surface area contributed by atoms with Gasteiger partial charge in [0.1, 0.15) is 0 Å². The van der Waals surface area contributed by atoms with Crippen molar-refractivity contribution in [1.82, 2.24) is 4.90 Å². The summed E-state index contributed by atoms with van der Waals surface area (Å²) in [7, 11) is 0. The first-order valence-corrected chi connectivity index (χ1v) is 13.7. The molecule has 1 aliphatic rings. The zero-order valence-corrected chi connectivity index (χ0v) is 23.3. The number of halogens is 1. The molecule has 0 radical (unpaired) electrons. The van der Waals surface area contributed by atoms with E-state index >= 15 is 0 Å². The molecule has 0 saturated carbocycles. The van der Waals surface area contributed by atoms with Crippen LogP contribution in [0, 0.1) is 0 Å². The summed E-state index contributed by atoms with van der Waals surface area (Å²) in [5, 5.41) is 0.448. The van der Waals surface area contributed by atoms with Crippen LogP contribution in [0.4, 0.5) is 0 Å². The zero-order chi connectivity index (χ0) is 27.1. The van der Waals surface area contributed by atoms with Crippen LogP contribution in [-0.4, -0.2) is 43.8 Å². The van der Waals surface area contributed by atoms with E-state index in [1.54, 1.807) is 12.1 Å². The van der Waals surface area contributed by atoms with Crippen molar-refractivity contribution in [3.8, 4) is 23.0 Å². The lowest BCUT2D eigenvalue weighted by molar-refractivity contribution is 0.0659. The van der Waals surface area contributed by atoms with Crippen molar-refractivity contribution in [2.75, 3.05) is 33.0 Å². The highest BCUT2D eigenvalue weighted by Gasteiger charge is 2.34. The highest BCUT2D eigenvalue weighted by atomic mass is 35.5. The summed E-state index contributed by atoms with van der Waals surface area (Å²) < 4.78 is 23.5. The van der Waals surface area contributed by atoms with E-state index in [0.29, 0.717) is 73.6 Å². The van der Waals surface area contributed by atoms with Gasteiger partial charge < -0.3 is 23.8 Å². The lowest BCUT2D eigenvalue weighted by Gasteiger charge is -2.38. The maximum Gasteiger partial charge on any atom is 0.255 e. The molecule has 0 aliphatic carbocycles. The quantitative estimate of drug-likeness (QED) is 0.266. The van der Waals surface area contributed by atoms with Crippen molar-refractivity contribution in [3.05, 3.63) is 81.9 Å². The summed E-state index contributed by atoms with van der Waals surface area (Å²) in [5.41, 5.74) is 3.75. The zero-order valence-electron chi connectivity index (χ0n) is 22.6. The van der Waals surface area contributed by atoms with Crippen LogP contribution in [0.2, 0.25) is 5.02 Å². The third-order valence-electron chi connectivity index (χ3n) is 6.56. The second-order valence-electron chi connectivity index (χ2n) is 8.96. The Hall–Kier alpha value is -3.38. The highest BCUT2D eigenvalue weighted by molar-refractivity contribution is 6.33. The van der Waals surface area contributed by atoms with E-state index < -0.39 is 0 Å². The van der Waals surface area contributed by atoms with Crippen molar-refractivity contribution in [2.45, 2.75) is 46.6 Å². The van der Waals surface area contributed by atoms with Crippen LogP contribution in [0.3, 0.4) is 0 Å². The molecule has 1 aliphatic heterocycles. The van der Waals surface area contributed by atoms with Crippen molar-refractivity contribution < 1.29 is 23.7 Å². The molecule has 0 bridgehead atoms. The average molecular weight is 538 g/mol. The molecule has 7 heteroatoms. The summed E-state index contributed by atoms with van der Waals surface area (Å²) in [6.45, 7) is 10.5. The molecular weight excluding hydrogens is 502 g/mol. The van der Waals surface area contributed by atoms with Crippen LogP contribution in [-0.2, 0) is 12.8 Å².